The molecule has 0 aliphatic carbocycles. The van der Waals surface area contributed by atoms with Gasteiger partial charge in [0.25, 0.3) is 5.56 Å². The fourth-order valence-corrected chi connectivity index (χ4v) is 5.09. The molecule has 3 rings (SSSR count). The lowest BCUT2D eigenvalue weighted by Crippen LogP contribution is -2.34. The molecule has 1 aromatic heterocycles. The summed E-state index contributed by atoms with van der Waals surface area (Å²) in [7, 11) is 2.56. The molecule has 7 nitrogen and oxygen atoms in total. The minimum Gasteiger partial charge on any atom is -0.390 e. The van der Waals surface area contributed by atoms with E-state index in [-0.39, 0.29) is 16.8 Å². The third-order valence-corrected chi connectivity index (χ3v) is 6.31. The van der Waals surface area contributed by atoms with Crippen molar-refractivity contribution in [2.45, 2.75) is 43.5 Å². The Morgan fingerprint density at radius 1 is 1.43 bits per heavy atom. The van der Waals surface area contributed by atoms with E-state index in [9.17, 15) is 19.5 Å². The zero-order valence-electron chi connectivity index (χ0n) is 11.1. The molecule has 0 spiro atoms. The number of carbonyl (C=O) groups is 1. The van der Waals surface area contributed by atoms with Crippen LogP contribution in [0.25, 0.3) is 0 Å². The summed E-state index contributed by atoms with van der Waals surface area (Å²) in [6.07, 6.45) is 0.184. The maximum atomic E-state index is 11.8. The monoisotopic (exact) mass is 330 g/mol. The minimum atomic E-state index is -0.738. The summed E-state index contributed by atoms with van der Waals surface area (Å²) in [5.41, 5.74) is -0.593. The number of aromatic nitrogens is 2. The normalized spacial score (nSPS) is 32.8. The molecule has 1 aromatic rings. The predicted octanol–water partition coefficient (Wildman–Crippen LogP) is 0.174. The number of aromatic amines is 1. The van der Waals surface area contributed by atoms with E-state index in [4.69, 9.17) is 4.74 Å². The number of carbonyl (C=O) groups excluding carboxylic acids is 1. The molecule has 1 unspecified atom stereocenters. The standard InChI is InChI=1S/C12H14N2O5S2/c1-5-4-14(12(18)13-11(5)17)8-2-6(15)10(19-8)7-3-9(16)21-20-7/h4,6-8,10,15H,2-3H2,1H3,(H,13,17,18)/t6-,7?,8+,10-/m0/s1. The van der Waals surface area contributed by atoms with Crippen LogP contribution in [0.2, 0.25) is 0 Å². The molecule has 0 amide bonds. The second-order valence-electron chi connectivity index (χ2n) is 5.13. The van der Waals surface area contributed by atoms with E-state index in [1.54, 1.807) is 6.92 Å². The topological polar surface area (TPSA) is 101 Å². The number of aryl methyl sites for hydroxylation is 1. The molecule has 2 aliphatic heterocycles. The maximum Gasteiger partial charge on any atom is 0.330 e. The van der Waals surface area contributed by atoms with Gasteiger partial charge in [-0.2, -0.15) is 0 Å². The summed E-state index contributed by atoms with van der Waals surface area (Å²) in [4.78, 5) is 36.8. The van der Waals surface area contributed by atoms with Crippen molar-refractivity contribution in [3.05, 3.63) is 32.6 Å². The van der Waals surface area contributed by atoms with Crippen LogP contribution < -0.4 is 11.2 Å². The molecule has 21 heavy (non-hydrogen) atoms. The Balaban J connectivity index is 1.83. The maximum absolute atomic E-state index is 11.8. The number of nitrogens with one attached hydrogen (secondary N) is 1. The average molecular weight is 330 g/mol. The molecule has 0 bridgehead atoms. The Morgan fingerprint density at radius 3 is 2.86 bits per heavy atom. The van der Waals surface area contributed by atoms with E-state index in [0.29, 0.717) is 12.0 Å². The van der Waals surface area contributed by atoms with Gasteiger partial charge in [-0.15, -0.1) is 0 Å². The van der Waals surface area contributed by atoms with Crippen molar-refractivity contribution in [2.75, 3.05) is 0 Å². The van der Waals surface area contributed by atoms with Gasteiger partial charge >= 0.3 is 5.69 Å². The SMILES string of the molecule is Cc1cn([C@H]2C[C@H](O)[C@@H](C3CC(=O)SS3)O2)c(=O)[nH]c1=O. The van der Waals surface area contributed by atoms with Gasteiger partial charge in [-0.1, -0.05) is 10.8 Å². The lowest BCUT2D eigenvalue weighted by molar-refractivity contribution is -0.111. The van der Waals surface area contributed by atoms with Crippen molar-refractivity contribution < 1.29 is 14.6 Å². The van der Waals surface area contributed by atoms with E-state index < -0.39 is 29.7 Å². The molecule has 2 fully saturated rings. The van der Waals surface area contributed by atoms with E-state index in [2.05, 4.69) is 4.98 Å². The highest BCUT2D eigenvalue weighted by molar-refractivity contribution is 8.83. The lowest BCUT2D eigenvalue weighted by atomic mass is 10.1. The number of hydrogen-bond acceptors (Lipinski definition) is 7. The fraction of sp³-hybridized carbons (Fsp3) is 0.583. The van der Waals surface area contributed by atoms with Crippen molar-refractivity contribution in [2.24, 2.45) is 0 Å². The summed E-state index contributed by atoms with van der Waals surface area (Å²) >= 11 is 0. The third kappa shape index (κ3) is 2.83. The highest BCUT2D eigenvalue weighted by Gasteiger charge is 2.43. The number of aliphatic hydroxyl groups is 1. The van der Waals surface area contributed by atoms with Gasteiger partial charge in [0.2, 0.25) is 5.12 Å². The molecular weight excluding hydrogens is 316 g/mol. The van der Waals surface area contributed by atoms with Crippen LogP contribution >= 0.6 is 21.6 Å². The first-order valence-electron chi connectivity index (χ1n) is 6.47. The Kier molecular flexibility index (Phi) is 4.00. The number of nitrogens with zero attached hydrogens (tertiary/aromatic N) is 1. The summed E-state index contributed by atoms with van der Waals surface area (Å²) in [6.45, 7) is 1.60. The van der Waals surface area contributed by atoms with Crippen molar-refractivity contribution in [3.63, 3.8) is 0 Å². The molecule has 0 radical (unpaired) electrons. The second-order valence-corrected chi connectivity index (χ2v) is 7.63. The van der Waals surface area contributed by atoms with E-state index >= 15 is 0 Å². The first kappa shape index (κ1) is 14.9. The Bertz CT molecular complexity index is 685. The van der Waals surface area contributed by atoms with E-state index in [1.807, 2.05) is 0 Å². The van der Waals surface area contributed by atoms with Crippen molar-refractivity contribution >= 4 is 26.7 Å². The van der Waals surface area contributed by atoms with E-state index in [1.165, 1.54) is 32.4 Å². The number of aliphatic hydroxyl groups excluding tert-OH is 1. The van der Waals surface area contributed by atoms with Crippen LogP contribution in [-0.2, 0) is 9.53 Å². The van der Waals surface area contributed by atoms with Crippen LogP contribution in [0.5, 0.6) is 0 Å². The molecule has 0 saturated carbocycles. The molecule has 9 heteroatoms. The summed E-state index contributed by atoms with van der Waals surface area (Å²) in [5.74, 6) is 0. The number of hydrogen-bond donors (Lipinski definition) is 2. The number of rotatable bonds is 2. The second kappa shape index (κ2) is 5.64. The van der Waals surface area contributed by atoms with Gasteiger partial charge in [0.15, 0.2) is 0 Å². The first-order chi connectivity index (χ1) is 9.95. The largest absolute Gasteiger partial charge is 0.390 e. The van der Waals surface area contributed by atoms with Gasteiger partial charge in [-0.05, 0) is 17.7 Å². The highest BCUT2D eigenvalue weighted by atomic mass is 33.1. The van der Waals surface area contributed by atoms with Gasteiger partial charge in [0.05, 0.1) is 17.5 Å². The van der Waals surface area contributed by atoms with Crippen LogP contribution in [0.15, 0.2) is 15.8 Å². The molecule has 2 saturated heterocycles. The van der Waals surface area contributed by atoms with Crippen LogP contribution in [0.4, 0.5) is 0 Å². The zero-order valence-corrected chi connectivity index (χ0v) is 12.8. The van der Waals surface area contributed by atoms with Gasteiger partial charge in [-0.25, -0.2) is 4.79 Å². The highest BCUT2D eigenvalue weighted by Crippen LogP contribution is 2.45. The molecule has 2 aliphatic rings. The minimum absolute atomic E-state index is 0.0707. The Hall–Kier alpha value is -1.03. The molecule has 4 atom stereocenters. The summed E-state index contributed by atoms with van der Waals surface area (Å²) in [5, 5.41) is 10.1. The predicted molar refractivity (Wildman–Crippen MR) is 79.2 cm³/mol. The molecular formula is C12H14N2O5S2. The van der Waals surface area contributed by atoms with Crippen LogP contribution in [0.3, 0.4) is 0 Å². The van der Waals surface area contributed by atoms with Crippen molar-refractivity contribution in [3.8, 4) is 0 Å². The average Bonchev–Trinajstić information content (AvgIpc) is 3.00. The molecule has 0 aromatic carbocycles. The number of ether oxygens (including phenoxy) is 1. The van der Waals surface area contributed by atoms with Crippen LogP contribution in [0, 0.1) is 6.92 Å². The van der Waals surface area contributed by atoms with Gasteiger partial charge in [0, 0.05) is 24.6 Å². The van der Waals surface area contributed by atoms with Crippen molar-refractivity contribution in [1.29, 1.82) is 0 Å². The fourth-order valence-electron chi connectivity index (χ4n) is 2.50. The van der Waals surface area contributed by atoms with E-state index in [0.717, 1.165) is 0 Å². The molecule has 2 N–H and O–H groups in total. The van der Waals surface area contributed by atoms with Crippen LogP contribution in [-0.4, -0.2) is 37.2 Å². The van der Waals surface area contributed by atoms with Crippen molar-refractivity contribution in [1.82, 2.24) is 9.55 Å². The zero-order chi connectivity index (χ0) is 15.1. The van der Waals surface area contributed by atoms with Gasteiger partial charge in [0.1, 0.15) is 6.23 Å². The van der Waals surface area contributed by atoms with Gasteiger partial charge < -0.3 is 9.84 Å². The lowest BCUT2D eigenvalue weighted by Gasteiger charge is -2.20. The molecule has 3 heterocycles. The Morgan fingerprint density at radius 2 is 2.19 bits per heavy atom. The molecule has 114 valence electrons. The summed E-state index contributed by atoms with van der Waals surface area (Å²) < 4.78 is 7.06. The number of H-pyrrole nitrogens is 1. The smallest absolute Gasteiger partial charge is 0.330 e. The Labute approximate surface area is 127 Å². The van der Waals surface area contributed by atoms with Crippen LogP contribution in [0.1, 0.15) is 24.6 Å². The van der Waals surface area contributed by atoms with Gasteiger partial charge in [-0.3, -0.25) is 19.1 Å². The third-order valence-electron chi connectivity index (χ3n) is 3.59. The first-order valence-corrected chi connectivity index (χ1v) is 8.69. The quantitative estimate of drug-likeness (QED) is 0.746. The summed E-state index contributed by atoms with van der Waals surface area (Å²) in [6, 6.07) is 0.